The van der Waals surface area contributed by atoms with Crippen LogP contribution in [0.2, 0.25) is 0 Å². The first kappa shape index (κ1) is 22.3. The minimum absolute atomic E-state index is 0.277. The average Bonchev–Trinajstić information content (AvgIpc) is 2.86. The van der Waals surface area contributed by atoms with Gasteiger partial charge in [0, 0.05) is 5.69 Å². The molecule has 0 heterocycles. The Morgan fingerprint density at radius 1 is 0.794 bits per heavy atom. The lowest BCUT2D eigenvalue weighted by Gasteiger charge is -2.07. The number of fused-ring (bicyclic) bond motifs is 1. The van der Waals surface area contributed by atoms with Crippen LogP contribution in [0.3, 0.4) is 0 Å². The maximum absolute atomic E-state index is 12.9. The van der Waals surface area contributed by atoms with Crippen LogP contribution < -0.4 is 15.5 Å². The number of ether oxygens (including phenoxy) is 1. The summed E-state index contributed by atoms with van der Waals surface area (Å²) < 4.78 is 18.4. The fourth-order valence-electron chi connectivity index (χ4n) is 3.12. The molecule has 8 heteroatoms. The highest BCUT2D eigenvalue weighted by Gasteiger charge is 2.13. The molecule has 0 spiro atoms. The van der Waals surface area contributed by atoms with E-state index in [9.17, 15) is 18.8 Å². The van der Waals surface area contributed by atoms with E-state index >= 15 is 0 Å². The van der Waals surface area contributed by atoms with Gasteiger partial charge in [0.15, 0.2) is 0 Å². The van der Waals surface area contributed by atoms with Crippen LogP contribution in [0, 0.1) is 5.82 Å². The van der Waals surface area contributed by atoms with E-state index in [2.05, 4.69) is 15.8 Å². The molecular weight excluding hydrogens is 437 g/mol. The molecule has 0 radical (unpaired) electrons. The summed E-state index contributed by atoms with van der Waals surface area (Å²) in [6, 6.07) is 24.4. The lowest BCUT2D eigenvalue weighted by Crippen LogP contribution is -2.32. The monoisotopic (exact) mass is 455 g/mol. The molecule has 4 rings (SSSR count). The van der Waals surface area contributed by atoms with Crippen LogP contribution >= 0.6 is 0 Å². The van der Waals surface area contributed by atoms with Crippen molar-refractivity contribution in [3.8, 4) is 5.75 Å². The van der Waals surface area contributed by atoms with Gasteiger partial charge in [0.1, 0.15) is 11.6 Å². The summed E-state index contributed by atoms with van der Waals surface area (Å²) >= 11 is 0. The molecule has 34 heavy (non-hydrogen) atoms. The summed E-state index contributed by atoms with van der Waals surface area (Å²) in [5.74, 6) is -2.52. The molecule has 4 aromatic carbocycles. The lowest BCUT2D eigenvalue weighted by atomic mass is 10.0. The number of amides is 2. The average molecular weight is 455 g/mol. The van der Waals surface area contributed by atoms with Gasteiger partial charge in [-0.2, -0.15) is 5.10 Å². The second-order valence-corrected chi connectivity index (χ2v) is 7.15. The van der Waals surface area contributed by atoms with Crippen LogP contribution in [0.5, 0.6) is 5.75 Å². The number of nitrogens with one attached hydrogen (secondary N) is 2. The van der Waals surface area contributed by atoms with Gasteiger partial charge in [0.25, 0.3) is 0 Å². The molecule has 0 fully saturated rings. The molecule has 0 aliphatic carbocycles. The van der Waals surface area contributed by atoms with Crippen molar-refractivity contribution in [2.45, 2.75) is 0 Å². The third-order valence-corrected chi connectivity index (χ3v) is 4.79. The molecule has 4 aromatic rings. The fraction of sp³-hybridized carbons (Fsp3) is 0. The van der Waals surface area contributed by atoms with Gasteiger partial charge in [0.05, 0.1) is 11.8 Å². The summed E-state index contributed by atoms with van der Waals surface area (Å²) in [4.78, 5) is 36.3. The number of nitrogens with zero attached hydrogens (tertiary/aromatic N) is 1. The van der Waals surface area contributed by atoms with Crippen molar-refractivity contribution < 1.29 is 23.5 Å². The zero-order chi connectivity index (χ0) is 23.9. The number of esters is 1. The first-order valence-corrected chi connectivity index (χ1v) is 10.2. The predicted molar refractivity (Wildman–Crippen MR) is 126 cm³/mol. The van der Waals surface area contributed by atoms with E-state index in [1.165, 1.54) is 18.3 Å². The molecule has 0 saturated heterocycles. The van der Waals surface area contributed by atoms with E-state index in [0.29, 0.717) is 16.9 Å². The highest BCUT2D eigenvalue weighted by Crippen LogP contribution is 2.21. The van der Waals surface area contributed by atoms with Crippen molar-refractivity contribution in [2.24, 2.45) is 5.10 Å². The number of hydrazone groups is 1. The van der Waals surface area contributed by atoms with Crippen molar-refractivity contribution in [3.63, 3.8) is 0 Å². The number of hydrogen-bond donors (Lipinski definition) is 2. The molecule has 2 N–H and O–H groups in total. The van der Waals surface area contributed by atoms with E-state index in [1.54, 1.807) is 36.4 Å². The van der Waals surface area contributed by atoms with E-state index in [1.807, 2.05) is 30.3 Å². The molecule has 0 unspecified atom stereocenters. The number of hydrogen-bond acceptors (Lipinski definition) is 5. The Morgan fingerprint density at radius 2 is 1.50 bits per heavy atom. The second-order valence-electron chi connectivity index (χ2n) is 7.15. The molecule has 0 aliphatic rings. The smallest absolute Gasteiger partial charge is 0.344 e. The van der Waals surface area contributed by atoms with Crippen LogP contribution in [-0.2, 0) is 9.59 Å². The third-order valence-electron chi connectivity index (χ3n) is 4.79. The van der Waals surface area contributed by atoms with Crippen molar-refractivity contribution in [3.05, 3.63) is 108 Å². The second kappa shape index (κ2) is 10.2. The molecule has 0 atom stereocenters. The SMILES string of the molecule is O=C(N/N=C\c1ccc(OC(=O)c2cccc3ccccc23)cc1)C(=O)Nc1ccc(F)cc1. The number of carbonyl (C=O) groups excluding carboxylic acids is 3. The first-order valence-electron chi connectivity index (χ1n) is 10.2. The molecule has 2 amide bonds. The van der Waals surface area contributed by atoms with Gasteiger partial charge in [0.2, 0.25) is 0 Å². The first-order chi connectivity index (χ1) is 16.5. The van der Waals surface area contributed by atoms with Gasteiger partial charge in [-0.25, -0.2) is 14.6 Å². The molecule has 0 aliphatic heterocycles. The van der Waals surface area contributed by atoms with E-state index in [-0.39, 0.29) is 5.69 Å². The highest BCUT2D eigenvalue weighted by molar-refractivity contribution is 6.39. The van der Waals surface area contributed by atoms with Gasteiger partial charge in [-0.15, -0.1) is 0 Å². The van der Waals surface area contributed by atoms with Crippen LogP contribution in [-0.4, -0.2) is 24.0 Å². The van der Waals surface area contributed by atoms with Crippen LogP contribution in [0.25, 0.3) is 10.8 Å². The quantitative estimate of drug-likeness (QED) is 0.154. The third kappa shape index (κ3) is 5.49. The molecule has 0 aromatic heterocycles. The Kier molecular flexibility index (Phi) is 6.69. The summed E-state index contributed by atoms with van der Waals surface area (Å²) in [5, 5.41) is 7.81. The number of halogens is 1. The van der Waals surface area contributed by atoms with Gasteiger partial charge >= 0.3 is 17.8 Å². The van der Waals surface area contributed by atoms with Crippen LogP contribution in [0.4, 0.5) is 10.1 Å². The van der Waals surface area contributed by atoms with Gasteiger partial charge < -0.3 is 10.1 Å². The van der Waals surface area contributed by atoms with Crippen molar-refractivity contribution in [2.75, 3.05) is 5.32 Å². The summed E-state index contributed by atoms with van der Waals surface area (Å²) in [5.41, 5.74) is 3.45. The topological polar surface area (TPSA) is 96.9 Å². The summed E-state index contributed by atoms with van der Waals surface area (Å²) in [7, 11) is 0. The van der Waals surface area contributed by atoms with Crippen LogP contribution in [0.15, 0.2) is 96.1 Å². The standard InChI is InChI=1S/C26H18FN3O4/c27-19-10-12-20(13-11-19)29-24(31)25(32)30-28-16-17-8-14-21(15-9-17)34-26(33)23-7-3-5-18-4-1-2-6-22(18)23/h1-16H,(H,29,31)(H,30,32)/b28-16-. The predicted octanol–water partition coefficient (Wildman–Crippen LogP) is 4.29. The number of rotatable bonds is 5. The minimum atomic E-state index is -0.985. The number of carbonyl (C=O) groups is 3. The highest BCUT2D eigenvalue weighted by atomic mass is 19.1. The van der Waals surface area contributed by atoms with Gasteiger partial charge in [-0.3, -0.25) is 9.59 Å². The Bertz CT molecular complexity index is 1380. The largest absolute Gasteiger partial charge is 0.423 e. The molecule has 0 saturated carbocycles. The van der Waals surface area contributed by atoms with Gasteiger partial charge in [-0.1, -0.05) is 36.4 Å². The molecule has 168 valence electrons. The molecule has 7 nitrogen and oxygen atoms in total. The number of benzene rings is 4. The van der Waals surface area contributed by atoms with Gasteiger partial charge in [-0.05, 0) is 70.9 Å². The minimum Gasteiger partial charge on any atom is -0.423 e. The summed E-state index contributed by atoms with van der Waals surface area (Å²) in [6.45, 7) is 0. The Morgan fingerprint density at radius 3 is 2.26 bits per heavy atom. The molecule has 0 bridgehead atoms. The summed E-state index contributed by atoms with van der Waals surface area (Å²) in [6.07, 6.45) is 1.33. The van der Waals surface area contributed by atoms with Crippen molar-refractivity contribution in [1.82, 2.24) is 5.43 Å². The number of anilines is 1. The normalized spacial score (nSPS) is 10.7. The Labute approximate surface area is 193 Å². The Balaban J connectivity index is 1.32. The van der Waals surface area contributed by atoms with E-state index in [0.717, 1.165) is 22.9 Å². The van der Waals surface area contributed by atoms with Crippen molar-refractivity contribution in [1.29, 1.82) is 0 Å². The van der Waals surface area contributed by atoms with E-state index < -0.39 is 23.6 Å². The zero-order valence-electron chi connectivity index (χ0n) is 17.7. The van der Waals surface area contributed by atoms with E-state index in [4.69, 9.17) is 4.74 Å². The lowest BCUT2D eigenvalue weighted by molar-refractivity contribution is -0.136. The van der Waals surface area contributed by atoms with Crippen molar-refractivity contribution >= 4 is 40.5 Å². The maximum atomic E-state index is 12.9. The fourth-order valence-corrected chi connectivity index (χ4v) is 3.12. The Hall–Kier alpha value is -4.85. The maximum Gasteiger partial charge on any atom is 0.344 e. The van der Waals surface area contributed by atoms with Crippen LogP contribution in [0.1, 0.15) is 15.9 Å². The zero-order valence-corrected chi connectivity index (χ0v) is 17.7. The molecular formula is C26H18FN3O4.